The fourth-order valence-corrected chi connectivity index (χ4v) is 2.99. The maximum Gasteiger partial charge on any atom is 0.212 e. The molecule has 3 heteroatoms. The average Bonchev–Trinajstić information content (AvgIpc) is 2.64. The molecule has 0 bridgehead atoms. The molecule has 1 unspecified atom stereocenters. The van der Waals surface area contributed by atoms with Crippen molar-refractivity contribution in [3.05, 3.63) is 72.1 Å². The molecule has 0 aliphatic carbocycles. The van der Waals surface area contributed by atoms with E-state index in [-0.39, 0.29) is 6.23 Å². The molecule has 0 N–H and O–H groups in total. The van der Waals surface area contributed by atoms with E-state index in [1.807, 2.05) is 36.5 Å². The van der Waals surface area contributed by atoms with Crippen molar-refractivity contribution in [1.29, 1.82) is 0 Å². The number of ether oxygens (including phenoxy) is 1. The predicted molar refractivity (Wildman–Crippen MR) is 105 cm³/mol. The summed E-state index contributed by atoms with van der Waals surface area (Å²) in [5.41, 5.74) is 3.41. The molecule has 3 rings (SSSR count). The van der Waals surface area contributed by atoms with Gasteiger partial charge in [-0.15, -0.1) is 0 Å². The van der Waals surface area contributed by atoms with Gasteiger partial charge in [-0.05, 0) is 36.1 Å². The summed E-state index contributed by atoms with van der Waals surface area (Å²) >= 11 is 0. The Morgan fingerprint density at radius 2 is 1.76 bits per heavy atom. The van der Waals surface area contributed by atoms with Crippen LogP contribution in [0.5, 0.6) is 5.75 Å². The van der Waals surface area contributed by atoms with E-state index in [1.165, 1.54) is 5.56 Å². The van der Waals surface area contributed by atoms with Gasteiger partial charge in [-0.1, -0.05) is 63.6 Å². The van der Waals surface area contributed by atoms with Crippen LogP contribution in [-0.4, -0.2) is 12.4 Å². The number of hydrogen-bond acceptors (Lipinski definition) is 3. The molecule has 0 aromatic heterocycles. The van der Waals surface area contributed by atoms with Crippen LogP contribution in [0.25, 0.3) is 0 Å². The van der Waals surface area contributed by atoms with Crippen LogP contribution in [0.3, 0.4) is 0 Å². The summed E-state index contributed by atoms with van der Waals surface area (Å²) in [7, 11) is 0. The fourth-order valence-electron chi connectivity index (χ4n) is 2.99. The molecule has 25 heavy (non-hydrogen) atoms. The van der Waals surface area contributed by atoms with Gasteiger partial charge in [0.1, 0.15) is 5.75 Å². The first-order chi connectivity index (χ1) is 12.2. The summed E-state index contributed by atoms with van der Waals surface area (Å²) in [6.07, 6.45) is 5.82. The van der Waals surface area contributed by atoms with Crippen LogP contribution in [0.2, 0.25) is 0 Å². The molecule has 0 amide bonds. The van der Waals surface area contributed by atoms with Gasteiger partial charge >= 0.3 is 0 Å². The zero-order valence-corrected chi connectivity index (χ0v) is 15.2. The molecular formula is C22H26N2O. The Morgan fingerprint density at radius 3 is 2.48 bits per heavy atom. The molecule has 2 aromatic carbocycles. The topological polar surface area (TPSA) is 24.8 Å². The van der Waals surface area contributed by atoms with Crippen molar-refractivity contribution < 1.29 is 4.74 Å². The van der Waals surface area contributed by atoms with Crippen LogP contribution >= 0.6 is 0 Å². The highest BCUT2D eigenvalue weighted by Gasteiger charge is 2.22. The van der Waals surface area contributed by atoms with Gasteiger partial charge < -0.3 is 9.64 Å². The number of benzene rings is 2. The van der Waals surface area contributed by atoms with E-state index < -0.39 is 0 Å². The highest BCUT2D eigenvalue weighted by molar-refractivity contribution is 5.74. The molecular weight excluding hydrogens is 308 g/mol. The first-order valence-corrected chi connectivity index (χ1v) is 9.03. The Bertz CT molecular complexity index is 750. The van der Waals surface area contributed by atoms with Crippen molar-refractivity contribution in [3.63, 3.8) is 0 Å². The minimum atomic E-state index is -0.247. The molecule has 1 heterocycles. The van der Waals surface area contributed by atoms with Crippen LogP contribution < -0.4 is 9.64 Å². The monoisotopic (exact) mass is 334 g/mol. The van der Waals surface area contributed by atoms with Gasteiger partial charge in [0.25, 0.3) is 0 Å². The van der Waals surface area contributed by atoms with Crippen molar-refractivity contribution in [2.24, 2.45) is 4.99 Å². The summed E-state index contributed by atoms with van der Waals surface area (Å²) in [6.45, 7) is 6.54. The van der Waals surface area contributed by atoms with Crippen LogP contribution in [-0.2, 0) is 0 Å². The van der Waals surface area contributed by atoms with Crippen molar-refractivity contribution in [2.75, 3.05) is 4.90 Å². The van der Waals surface area contributed by atoms with E-state index in [0.29, 0.717) is 5.92 Å². The minimum Gasteiger partial charge on any atom is -0.465 e. The lowest BCUT2D eigenvalue weighted by molar-refractivity contribution is 0.270. The summed E-state index contributed by atoms with van der Waals surface area (Å²) in [5.74, 6) is 1.33. The van der Waals surface area contributed by atoms with Gasteiger partial charge in [-0.3, -0.25) is 4.99 Å². The molecule has 130 valence electrons. The average molecular weight is 334 g/mol. The maximum absolute atomic E-state index is 6.37. The molecule has 1 atom stereocenters. The normalized spacial score (nSPS) is 16.9. The summed E-state index contributed by atoms with van der Waals surface area (Å²) in [6, 6.07) is 18.6. The van der Waals surface area contributed by atoms with Gasteiger partial charge in [0, 0.05) is 11.9 Å². The third-order valence-electron chi connectivity index (χ3n) is 4.28. The number of aliphatic imine (C=N–C) groups is 1. The Balaban J connectivity index is 1.91. The van der Waals surface area contributed by atoms with E-state index in [4.69, 9.17) is 4.74 Å². The van der Waals surface area contributed by atoms with E-state index in [1.54, 1.807) is 0 Å². The summed E-state index contributed by atoms with van der Waals surface area (Å²) in [4.78, 5) is 6.78. The lowest BCUT2D eigenvalue weighted by atomic mass is 10.0. The molecule has 0 radical (unpaired) electrons. The standard InChI is InChI=1S/C22H26N2O/c1-4-10-18-16-24(19-11-6-5-7-12-19)22(15-23-18)25-21-14-9-8-13-20(21)17(2)3/h5-9,11-17,22H,4,10H2,1-3H3. The number of rotatable bonds is 6. The minimum absolute atomic E-state index is 0.247. The van der Waals surface area contributed by atoms with Gasteiger partial charge in [-0.2, -0.15) is 0 Å². The third-order valence-corrected chi connectivity index (χ3v) is 4.28. The van der Waals surface area contributed by atoms with Crippen LogP contribution in [0.1, 0.15) is 45.1 Å². The van der Waals surface area contributed by atoms with Crippen LogP contribution in [0.15, 0.2) is 71.5 Å². The van der Waals surface area contributed by atoms with E-state index in [2.05, 4.69) is 61.1 Å². The molecule has 0 spiro atoms. The van der Waals surface area contributed by atoms with E-state index in [9.17, 15) is 0 Å². The van der Waals surface area contributed by atoms with Crippen LogP contribution in [0.4, 0.5) is 5.69 Å². The second-order valence-electron chi connectivity index (χ2n) is 6.59. The number of para-hydroxylation sites is 2. The first-order valence-electron chi connectivity index (χ1n) is 9.03. The van der Waals surface area contributed by atoms with Crippen molar-refractivity contribution >= 4 is 11.9 Å². The van der Waals surface area contributed by atoms with Gasteiger partial charge in [0.2, 0.25) is 6.23 Å². The highest BCUT2D eigenvalue weighted by atomic mass is 16.5. The Hall–Kier alpha value is -2.55. The Kier molecular flexibility index (Phi) is 5.54. The lowest BCUT2D eigenvalue weighted by Gasteiger charge is -2.32. The zero-order valence-electron chi connectivity index (χ0n) is 15.2. The smallest absolute Gasteiger partial charge is 0.212 e. The molecule has 0 saturated carbocycles. The number of anilines is 1. The summed E-state index contributed by atoms with van der Waals surface area (Å²) in [5, 5.41) is 0. The SMILES string of the molecule is CCCC1=CN(c2ccccc2)C(Oc2ccccc2C(C)C)C=N1. The third kappa shape index (κ3) is 4.11. The zero-order chi connectivity index (χ0) is 17.6. The molecule has 3 nitrogen and oxygen atoms in total. The second-order valence-corrected chi connectivity index (χ2v) is 6.59. The Labute approximate surface area is 150 Å². The number of hydrogen-bond donors (Lipinski definition) is 0. The number of allylic oxidation sites excluding steroid dienone is 1. The maximum atomic E-state index is 6.37. The van der Waals surface area contributed by atoms with E-state index >= 15 is 0 Å². The highest BCUT2D eigenvalue weighted by Crippen LogP contribution is 2.29. The van der Waals surface area contributed by atoms with Gasteiger partial charge in [0.05, 0.1) is 11.9 Å². The van der Waals surface area contributed by atoms with Crippen molar-refractivity contribution in [1.82, 2.24) is 0 Å². The van der Waals surface area contributed by atoms with Gasteiger partial charge in [-0.25, -0.2) is 0 Å². The van der Waals surface area contributed by atoms with E-state index in [0.717, 1.165) is 30.0 Å². The molecule has 1 aliphatic rings. The fraction of sp³-hybridized carbons (Fsp3) is 0.318. The molecule has 2 aromatic rings. The Morgan fingerprint density at radius 1 is 1.04 bits per heavy atom. The second kappa shape index (κ2) is 8.02. The summed E-state index contributed by atoms with van der Waals surface area (Å²) < 4.78 is 6.37. The largest absolute Gasteiger partial charge is 0.465 e. The van der Waals surface area contributed by atoms with Crippen LogP contribution in [0, 0.1) is 0 Å². The van der Waals surface area contributed by atoms with Gasteiger partial charge in [0.15, 0.2) is 0 Å². The lowest BCUT2D eigenvalue weighted by Crippen LogP contribution is -2.39. The quantitative estimate of drug-likeness (QED) is 0.672. The van der Waals surface area contributed by atoms with Crippen molar-refractivity contribution in [2.45, 2.75) is 45.8 Å². The molecule has 1 aliphatic heterocycles. The molecule has 0 saturated heterocycles. The first kappa shape index (κ1) is 17.3. The van der Waals surface area contributed by atoms with Crippen molar-refractivity contribution in [3.8, 4) is 5.75 Å². The number of nitrogens with zero attached hydrogens (tertiary/aromatic N) is 2. The molecule has 0 fully saturated rings. The predicted octanol–water partition coefficient (Wildman–Crippen LogP) is 5.75.